The number of halogens is 1. The van der Waals surface area contributed by atoms with Crippen LogP contribution in [0.1, 0.15) is 37.4 Å². The molecule has 1 saturated carbocycles. The Balaban J connectivity index is 1.55. The van der Waals surface area contributed by atoms with E-state index in [1.54, 1.807) is 0 Å². The van der Waals surface area contributed by atoms with E-state index in [4.69, 9.17) is 15.0 Å². The van der Waals surface area contributed by atoms with Crippen molar-refractivity contribution in [3.63, 3.8) is 0 Å². The van der Waals surface area contributed by atoms with E-state index < -0.39 is 5.54 Å². The van der Waals surface area contributed by atoms with Crippen molar-refractivity contribution in [3.05, 3.63) is 40.5 Å². The maximum atomic E-state index is 6.31. The summed E-state index contributed by atoms with van der Waals surface area (Å²) >= 11 is 3.41. The number of benzene rings is 1. The van der Waals surface area contributed by atoms with Crippen LogP contribution in [-0.4, -0.2) is 16.7 Å². The topological polar surface area (TPSA) is 74.2 Å². The van der Waals surface area contributed by atoms with Crippen molar-refractivity contribution in [2.75, 3.05) is 6.61 Å². The summed E-state index contributed by atoms with van der Waals surface area (Å²) in [6, 6.07) is 7.73. The van der Waals surface area contributed by atoms with Gasteiger partial charge < -0.3 is 15.0 Å². The van der Waals surface area contributed by atoms with Gasteiger partial charge in [0, 0.05) is 4.47 Å². The third-order valence-corrected chi connectivity index (χ3v) is 4.28. The molecule has 2 N–H and O–H groups in total. The van der Waals surface area contributed by atoms with Gasteiger partial charge in [-0.15, -0.1) is 0 Å². The molecule has 1 heterocycles. The van der Waals surface area contributed by atoms with Crippen LogP contribution in [0.15, 0.2) is 33.3 Å². The van der Waals surface area contributed by atoms with Crippen LogP contribution in [0.5, 0.6) is 5.75 Å². The highest BCUT2D eigenvalue weighted by Gasteiger charge is 2.35. The predicted octanol–water partition coefficient (Wildman–Crippen LogP) is 3.18. The summed E-state index contributed by atoms with van der Waals surface area (Å²) in [6.45, 7) is 0.496. The smallest absolute Gasteiger partial charge is 0.230 e. The largest absolute Gasteiger partial charge is 0.493 e. The monoisotopic (exact) mass is 351 g/mol. The van der Waals surface area contributed by atoms with E-state index in [2.05, 4.69) is 26.1 Å². The maximum Gasteiger partial charge on any atom is 0.230 e. The van der Waals surface area contributed by atoms with Gasteiger partial charge >= 0.3 is 0 Å². The van der Waals surface area contributed by atoms with Gasteiger partial charge in [0.2, 0.25) is 5.89 Å². The number of nitrogens with two attached hydrogens (primary N) is 1. The van der Waals surface area contributed by atoms with Gasteiger partial charge in [-0.3, -0.25) is 0 Å². The Morgan fingerprint density at radius 3 is 2.90 bits per heavy atom. The van der Waals surface area contributed by atoms with Gasteiger partial charge in [0.1, 0.15) is 5.75 Å². The van der Waals surface area contributed by atoms with E-state index in [0.717, 1.165) is 35.9 Å². The first-order valence-electron chi connectivity index (χ1n) is 7.16. The summed E-state index contributed by atoms with van der Waals surface area (Å²) in [6.07, 6.45) is 4.70. The molecule has 0 atom stereocenters. The van der Waals surface area contributed by atoms with Crippen LogP contribution in [0, 0.1) is 0 Å². The molecule has 3 rings (SSSR count). The quantitative estimate of drug-likeness (QED) is 0.895. The molecule has 6 heteroatoms. The van der Waals surface area contributed by atoms with Crippen LogP contribution in [0.3, 0.4) is 0 Å². The molecule has 1 aliphatic carbocycles. The highest BCUT2D eigenvalue weighted by Crippen LogP contribution is 2.34. The molecule has 0 saturated heterocycles. The SMILES string of the molecule is NC1(c2noc(CCOc3cccc(Br)c3)n2)CCCC1. The molecule has 1 aromatic heterocycles. The Bertz CT molecular complexity index is 608. The average Bonchev–Trinajstić information content (AvgIpc) is 3.09. The lowest BCUT2D eigenvalue weighted by molar-refractivity contribution is 0.290. The van der Waals surface area contributed by atoms with E-state index in [0.29, 0.717) is 24.7 Å². The Morgan fingerprint density at radius 2 is 2.14 bits per heavy atom. The fraction of sp³-hybridized carbons (Fsp3) is 0.467. The van der Waals surface area contributed by atoms with Crippen LogP contribution < -0.4 is 10.5 Å². The van der Waals surface area contributed by atoms with Crippen molar-refractivity contribution in [3.8, 4) is 5.75 Å². The minimum Gasteiger partial charge on any atom is -0.493 e. The Labute approximate surface area is 132 Å². The van der Waals surface area contributed by atoms with Crippen molar-refractivity contribution in [2.24, 2.45) is 5.73 Å². The second-order valence-corrected chi connectivity index (χ2v) is 6.35. The molecule has 1 aromatic carbocycles. The molecule has 0 radical (unpaired) electrons. The maximum absolute atomic E-state index is 6.31. The Kier molecular flexibility index (Phi) is 4.26. The summed E-state index contributed by atoms with van der Waals surface area (Å²) in [5.74, 6) is 2.03. The van der Waals surface area contributed by atoms with Crippen molar-refractivity contribution >= 4 is 15.9 Å². The normalized spacial score (nSPS) is 17.0. The number of hydrogen-bond acceptors (Lipinski definition) is 5. The third kappa shape index (κ3) is 3.44. The molecule has 0 aliphatic heterocycles. The Morgan fingerprint density at radius 1 is 1.33 bits per heavy atom. The molecule has 1 fully saturated rings. The van der Waals surface area contributed by atoms with E-state index in [-0.39, 0.29) is 0 Å². The highest BCUT2D eigenvalue weighted by atomic mass is 79.9. The zero-order valence-corrected chi connectivity index (χ0v) is 13.3. The predicted molar refractivity (Wildman–Crippen MR) is 82.0 cm³/mol. The van der Waals surface area contributed by atoms with Gasteiger partial charge in [0.25, 0.3) is 0 Å². The minimum atomic E-state index is -0.396. The van der Waals surface area contributed by atoms with Crippen molar-refractivity contribution in [2.45, 2.75) is 37.6 Å². The summed E-state index contributed by atoms with van der Waals surface area (Å²) < 4.78 is 11.9. The molecule has 5 nitrogen and oxygen atoms in total. The van der Waals surface area contributed by atoms with E-state index in [1.807, 2.05) is 24.3 Å². The fourth-order valence-corrected chi connectivity index (χ4v) is 2.98. The number of aromatic nitrogens is 2. The standard InChI is InChI=1S/C15H18BrN3O2/c16-11-4-3-5-12(10-11)20-9-6-13-18-14(19-21-13)15(17)7-1-2-8-15/h3-5,10H,1-2,6-9,17H2. The number of nitrogens with zero attached hydrogens (tertiary/aromatic N) is 2. The van der Waals surface area contributed by atoms with Crippen LogP contribution in [0.4, 0.5) is 0 Å². The van der Waals surface area contributed by atoms with E-state index in [1.165, 1.54) is 0 Å². The first-order valence-corrected chi connectivity index (χ1v) is 7.95. The minimum absolute atomic E-state index is 0.396. The molecule has 0 spiro atoms. The average molecular weight is 352 g/mol. The lowest BCUT2D eigenvalue weighted by Gasteiger charge is -2.17. The zero-order valence-electron chi connectivity index (χ0n) is 11.7. The van der Waals surface area contributed by atoms with Gasteiger partial charge in [-0.2, -0.15) is 4.98 Å². The Hall–Kier alpha value is -1.40. The lowest BCUT2D eigenvalue weighted by atomic mass is 9.99. The third-order valence-electron chi connectivity index (χ3n) is 3.79. The molecule has 0 unspecified atom stereocenters. The molecule has 2 aromatic rings. The molecule has 1 aliphatic rings. The molecule has 112 valence electrons. The molecule has 0 amide bonds. The van der Waals surface area contributed by atoms with Crippen molar-refractivity contribution < 1.29 is 9.26 Å². The highest BCUT2D eigenvalue weighted by molar-refractivity contribution is 9.10. The van der Waals surface area contributed by atoms with Crippen molar-refractivity contribution in [1.82, 2.24) is 10.1 Å². The van der Waals surface area contributed by atoms with Crippen LogP contribution in [-0.2, 0) is 12.0 Å². The van der Waals surface area contributed by atoms with Gasteiger partial charge in [-0.1, -0.05) is 40.0 Å². The van der Waals surface area contributed by atoms with Crippen LogP contribution in [0.2, 0.25) is 0 Å². The lowest BCUT2D eigenvalue weighted by Crippen LogP contribution is -2.34. The molecule has 0 bridgehead atoms. The number of hydrogen-bond donors (Lipinski definition) is 1. The van der Waals surface area contributed by atoms with Crippen LogP contribution >= 0.6 is 15.9 Å². The van der Waals surface area contributed by atoms with Crippen molar-refractivity contribution in [1.29, 1.82) is 0 Å². The first kappa shape index (κ1) is 14.5. The van der Waals surface area contributed by atoms with E-state index >= 15 is 0 Å². The second-order valence-electron chi connectivity index (χ2n) is 5.43. The first-order chi connectivity index (χ1) is 10.2. The van der Waals surface area contributed by atoms with E-state index in [9.17, 15) is 0 Å². The van der Waals surface area contributed by atoms with Gasteiger partial charge in [0.15, 0.2) is 5.82 Å². The zero-order chi connectivity index (χ0) is 14.7. The molecular weight excluding hydrogens is 334 g/mol. The van der Waals surface area contributed by atoms with Gasteiger partial charge in [-0.25, -0.2) is 0 Å². The summed E-state index contributed by atoms with van der Waals surface area (Å²) in [4.78, 5) is 4.42. The summed E-state index contributed by atoms with van der Waals surface area (Å²) in [7, 11) is 0. The van der Waals surface area contributed by atoms with Gasteiger partial charge in [-0.05, 0) is 31.0 Å². The molecular formula is C15H18BrN3O2. The molecule has 21 heavy (non-hydrogen) atoms. The summed E-state index contributed by atoms with van der Waals surface area (Å²) in [5, 5.41) is 4.04. The van der Waals surface area contributed by atoms with Gasteiger partial charge in [0.05, 0.1) is 18.6 Å². The number of rotatable bonds is 5. The fourth-order valence-electron chi connectivity index (χ4n) is 2.60. The van der Waals surface area contributed by atoms with Crippen LogP contribution in [0.25, 0.3) is 0 Å². The number of ether oxygens (including phenoxy) is 1. The summed E-state index contributed by atoms with van der Waals surface area (Å²) in [5.41, 5.74) is 5.91. The second kappa shape index (κ2) is 6.15.